The summed E-state index contributed by atoms with van der Waals surface area (Å²) >= 11 is 0. The van der Waals surface area contributed by atoms with Crippen molar-refractivity contribution in [2.24, 2.45) is 5.73 Å². The molecule has 0 atom stereocenters. The third kappa shape index (κ3) is 2.06. The number of carbonyl (C=O) groups is 1. The van der Waals surface area contributed by atoms with Gasteiger partial charge in [0.15, 0.2) is 0 Å². The molecule has 0 amide bonds. The molecule has 13 heavy (non-hydrogen) atoms. The summed E-state index contributed by atoms with van der Waals surface area (Å²) in [6.45, 7) is 3.68. The minimum Gasteiger partial charge on any atom is -0.404 e. The SMILES string of the molecule is CCC(=O)Oc1noc(C)c1CN. The number of nitrogens with two attached hydrogens (primary N) is 1. The molecule has 0 saturated carbocycles. The van der Waals surface area contributed by atoms with Crippen molar-refractivity contribution in [2.75, 3.05) is 0 Å². The van der Waals surface area contributed by atoms with Crippen molar-refractivity contribution >= 4 is 5.97 Å². The Morgan fingerprint density at radius 3 is 2.92 bits per heavy atom. The second-order valence-electron chi connectivity index (χ2n) is 2.55. The van der Waals surface area contributed by atoms with Crippen LogP contribution >= 0.6 is 0 Å². The van der Waals surface area contributed by atoms with E-state index in [4.69, 9.17) is 15.0 Å². The Morgan fingerprint density at radius 2 is 2.38 bits per heavy atom. The van der Waals surface area contributed by atoms with Crippen LogP contribution in [0.15, 0.2) is 4.52 Å². The molecular weight excluding hydrogens is 172 g/mol. The number of esters is 1. The molecule has 0 saturated heterocycles. The van der Waals surface area contributed by atoms with E-state index < -0.39 is 0 Å². The minimum absolute atomic E-state index is 0.187. The molecular formula is C8H12N2O3. The molecule has 1 aromatic rings. The third-order valence-electron chi connectivity index (χ3n) is 1.65. The highest BCUT2D eigenvalue weighted by Gasteiger charge is 2.14. The van der Waals surface area contributed by atoms with E-state index >= 15 is 0 Å². The molecule has 1 heterocycles. The van der Waals surface area contributed by atoms with Gasteiger partial charge in [0.25, 0.3) is 5.88 Å². The summed E-state index contributed by atoms with van der Waals surface area (Å²) in [5.41, 5.74) is 6.06. The number of rotatable bonds is 3. The van der Waals surface area contributed by atoms with E-state index in [1.807, 2.05) is 0 Å². The Bertz CT molecular complexity index is 306. The molecule has 72 valence electrons. The van der Waals surface area contributed by atoms with Gasteiger partial charge in [0.2, 0.25) is 0 Å². The van der Waals surface area contributed by atoms with E-state index in [9.17, 15) is 4.79 Å². The summed E-state index contributed by atoms with van der Waals surface area (Å²) in [7, 11) is 0. The summed E-state index contributed by atoms with van der Waals surface area (Å²) in [4.78, 5) is 10.9. The van der Waals surface area contributed by atoms with E-state index in [1.54, 1.807) is 13.8 Å². The first-order valence-electron chi connectivity index (χ1n) is 4.05. The smallest absolute Gasteiger partial charge is 0.312 e. The fraction of sp³-hybridized carbons (Fsp3) is 0.500. The first kappa shape index (κ1) is 9.73. The van der Waals surface area contributed by atoms with E-state index in [1.165, 1.54) is 0 Å². The normalized spacial score (nSPS) is 10.1. The van der Waals surface area contributed by atoms with Gasteiger partial charge >= 0.3 is 5.97 Å². The highest BCUT2D eigenvalue weighted by atomic mass is 16.6. The molecule has 2 N–H and O–H groups in total. The van der Waals surface area contributed by atoms with Crippen LogP contribution in [0.25, 0.3) is 0 Å². The van der Waals surface area contributed by atoms with Gasteiger partial charge in [-0.3, -0.25) is 4.79 Å². The monoisotopic (exact) mass is 184 g/mol. The lowest BCUT2D eigenvalue weighted by molar-refractivity contribution is -0.134. The summed E-state index contributed by atoms with van der Waals surface area (Å²) in [5.74, 6) is 0.427. The summed E-state index contributed by atoms with van der Waals surface area (Å²) in [6.07, 6.45) is 0.302. The van der Waals surface area contributed by atoms with Crippen molar-refractivity contribution in [3.8, 4) is 5.88 Å². The average molecular weight is 184 g/mol. The number of aryl methyl sites for hydroxylation is 1. The van der Waals surface area contributed by atoms with Crippen molar-refractivity contribution in [3.05, 3.63) is 11.3 Å². The van der Waals surface area contributed by atoms with Crippen LogP contribution in [-0.2, 0) is 11.3 Å². The molecule has 0 radical (unpaired) electrons. The Hall–Kier alpha value is -1.36. The van der Waals surface area contributed by atoms with Crippen molar-refractivity contribution in [1.82, 2.24) is 5.16 Å². The van der Waals surface area contributed by atoms with Crippen LogP contribution in [0, 0.1) is 6.92 Å². The van der Waals surface area contributed by atoms with Gasteiger partial charge in [0.05, 0.1) is 5.56 Å². The highest BCUT2D eigenvalue weighted by molar-refractivity contribution is 5.71. The van der Waals surface area contributed by atoms with Gasteiger partial charge < -0.3 is 15.0 Å². The largest absolute Gasteiger partial charge is 0.404 e. The Morgan fingerprint density at radius 1 is 1.69 bits per heavy atom. The average Bonchev–Trinajstić information content (AvgIpc) is 2.46. The number of ether oxygens (including phenoxy) is 1. The molecule has 1 aromatic heterocycles. The fourth-order valence-electron chi connectivity index (χ4n) is 0.862. The molecule has 1 rings (SSSR count). The van der Waals surface area contributed by atoms with Gasteiger partial charge in [0.1, 0.15) is 5.76 Å². The van der Waals surface area contributed by atoms with Crippen LogP contribution in [-0.4, -0.2) is 11.1 Å². The van der Waals surface area contributed by atoms with Crippen LogP contribution < -0.4 is 10.5 Å². The first-order chi connectivity index (χ1) is 6.19. The number of hydrogen-bond donors (Lipinski definition) is 1. The van der Waals surface area contributed by atoms with Gasteiger partial charge in [-0.2, -0.15) is 0 Å². The molecule has 0 fully saturated rings. The van der Waals surface area contributed by atoms with Crippen LogP contribution in [0.3, 0.4) is 0 Å². The maximum atomic E-state index is 10.9. The Kier molecular flexibility index (Phi) is 3.02. The molecule has 0 unspecified atom stereocenters. The Balaban J connectivity index is 2.82. The van der Waals surface area contributed by atoms with Crippen LogP contribution in [0.2, 0.25) is 0 Å². The number of aromatic nitrogens is 1. The standard InChI is InChI=1S/C8H12N2O3/c1-3-7(11)12-8-6(4-9)5(2)13-10-8/h3-4,9H2,1-2H3. The zero-order valence-electron chi connectivity index (χ0n) is 7.66. The molecule has 5 nitrogen and oxygen atoms in total. The second-order valence-corrected chi connectivity index (χ2v) is 2.55. The minimum atomic E-state index is -0.344. The summed E-state index contributed by atoms with van der Waals surface area (Å²) in [6, 6.07) is 0. The number of carbonyl (C=O) groups excluding carboxylic acids is 1. The van der Waals surface area contributed by atoms with Crippen molar-refractivity contribution in [2.45, 2.75) is 26.8 Å². The zero-order valence-corrected chi connectivity index (χ0v) is 7.66. The van der Waals surface area contributed by atoms with Gasteiger partial charge in [-0.25, -0.2) is 0 Å². The molecule has 0 aliphatic heterocycles. The van der Waals surface area contributed by atoms with Crippen molar-refractivity contribution in [3.63, 3.8) is 0 Å². The molecule has 5 heteroatoms. The van der Waals surface area contributed by atoms with E-state index in [0.29, 0.717) is 17.7 Å². The van der Waals surface area contributed by atoms with Gasteiger partial charge in [-0.1, -0.05) is 6.92 Å². The van der Waals surface area contributed by atoms with Crippen molar-refractivity contribution < 1.29 is 14.1 Å². The first-order valence-corrected chi connectivity index (χ1v) is 4.05. The lowest BCUT2D eigenvalue weighted by Crippen LogP contribution is -2.08. The predicted octanol–water partition coefficient (Wildman–Crippen LogP) is 0.757. The lowest BCUT2D eigenvalue weighted by Gasteiger charge is -1.98. The third-order valence-corrected chi connectivity index (χ3v) is 1.65. The van der Waals surface area contributed by atoms with Gasteiger partial charge in [0, 0.05) is 13.0 Å². The van der Waals surface area contributed by atoms with Crippen LogP contribution in [0.5, 0.6) is 5.88 Å². The maximum Gasteiger partial charge on any atom is 0.312 e. The maximum absolute atomic E-state index is 10.9. The molecule has 0 aliphatic carbocycles. The Labute approximate surface area is 75.8 Å². The predicted molar refractivity (Wildman–Crippen MR) is 45.1 cm³/mol. The van der Waals surface area contributed by atoms with Crippen molar-refractivity contribution in [1.29, 1.82) is 0 Å². The molecule has 0 aromatic carbocycles. The number of hydrogen-bond acceptors (Lipinski definition) is 5. The topological polar surface area (TPSA) is 78.3 Å². The zero-order chi connectivity index (χ0) is 9.84. The van der Waals surface area contributed by atoms with E-state index in [0.717, 1.165) is 0 Å². The summed E-state index contributed by atoms with van der Waals surface area (Å²) < 4.78 is 9.71. The van der Waals surface area contributed by atoms with E-state index in [-0.39, 0.29) is 18.4 Å². The molecule has 0 spiro atoms. The lowest BCUT2D eigenvalue weighted by atomic mass is 10.3. The highest BCUT2D eigenvalue weighted by Crippen LogP contribution is 2.20. The quantitative estimate of drug-likeness (QED) is 0.701. The van der Waals surface area contributed by atoms with Crippen LogP contribution in [0.1, 0.15) is 24.7 Å². The molecule has 0 bridgehead atoms. The van der Waals surface area contributed by atoms with E-state index in [2.05, 4.69) is 5.16 Å². The molecule has 0 aliphatic rings. The van der Waals surface area contributed by atoms with Crippen LogP contribution in [0.4, 0.5) is 0 Å². The van der Waals surface area contributed by atoms with Gasteiger partial charge in [-0.15, -0.1) is 0 Å². The number of nitrogens with zero attached hydrogens (tertiary/aromatic N) is 1. The fourth-order valence-corrected chi connectivity index (χ4v) is 0.862. The van der Waals surface area contributed by atoms with Gasteiger partial charge in [-0.05, 0) is 12.1 Å². The summed E-state index contributed by atoms with van der Waals surface area (Å²) in [5, 5.41) is 3.58. The second kappa shape index (κ2) is 4.04.